The molecular weight excluding hydrogens is 424 g/mol. The molecule has 0 unspecified atom stereocenters. The van der Waals surface area contributed by atoms with E-state index in [2.05, 4.69) is 21.0 Å². The third-order valence-electron chi connectivity index (χ3n) is 3.62. The van der Waals surface area contributed by atoms with E-state index in [4.69, 9.17) is 4.42 Å². The summed E-state index contributed by atoms with van der Waals surface area (Å²) in [5.74, 6) is -1.39. The fourth-order valence-electron chi connectivity index (χ4n) is 2.28. The van der Waals surface area contributed by atoms with Crippen LogP contribution in [0.4, 0.5) is 10.7 Å². The van der Waals surface area contributed by atoms with Crippen LogP contribution in [0.5, 0.6) is 0 Å². The van der Waals surface area contributed by atoms with Crippen LogP contribution in [0, 0.1) is 10.1 Å². The number of benzene rings is 1. The van der Waals surface area contributed by atoms with Gasteiger partial charge < -0.3 is 4.42 Å². The number of imide groups is 1. The van der Waals surface area contributed by atoms with Gasteiger partial charge in [-0.3, -0.25) is 24.6 Å². The van der Waals surface area contributed by atoms with Gasteiger partial charge in [0, 0.05) is 10.0 Å². The number of amides is 3. The molecule has 1 aromatic carbocycles. The maximum absolute atomic E-state index is 12.3. The second-order valence-corrected chi connectivity index (χ2v) is 6.34. The lowest BCUT2D eigenvalue weighted by Gasteiger charge is -2.13. The minimum Gasteiger partial charge on any atom is -0.400 e. The minimum atomic E-state index is -0.761. The van der Waals surface area contributed by atoms with Crippen molar-refractivity contribution < 1.29 is 23.7 Å². The van der Waals surface area contributed by atoms with Crippen molar-refractivity contribution in [2.75, 3.05) is 13.1 Å². The summed E-state index contributed by atoms with van der Waals surface area (Å²) in [5.41, 5.74) is 0.364. The lowest BCUT2D eigenvalue weighted by molar-refractivity contribution is -0.402. The molecule has 0 atom stereocenters. The largest absolute Gasteiger partial charge is 0.433 e. The zero-order valence-electron chi connectivity index (χ0n) is 13.6. The molecule has 2 aromatic rings. The predicted molar refractivity (Wildman–Crippen MR) is 95.2 cm³/mol. The summed E-state index contributed by atoms with van der Waals surface area (Å²) in [6.07, 6.45) is 1.08. The maximum atomic E-state index is 12.3. The Morgan fingerprint density at radius 2 is 1.96 bits per heavy atom. The SMILES string of the molecule is O=C(CN1C(=O)CN(/N=C/c2ccc([N+](=O)[O-])o2)C1=O)c1ccc(Br)cc1. The zero-order chi connectivity index (χ0) is 19.6. The Morgan fingerprint density at radius 3 is 2.59 bits per heavy atom. The summed E-state index contributed by atoms with van der Waals surface area (Å²) in [6, 6.07) is 8.21. The molecule has 1 aliphatic heterocycles. The number of rotatable bonds is 6. The highest BCUT2D eigenvalue weighted by Crippen LogP contribution is 2.16. The Hall–Kier alpha value is -3.34. The fourth-order valence-corrected chi connectivity index (χ4v) is 2.54. The first kappa shape index (κ1) is 18.5. The normalized spacial score (nSPS) is 14.4. The van der Waals surface area contributed by atoms with Gasteiger partial charge in [-0.25, -0.2) is 9.80 Å². The molecule has 0 N–H and O–H groups in total. The van der Waals surface area contributed by atoms with E-state index >= 15 is 0 Å². The van der Waals surface area contributed by atoms with Crippen LogP contribution in [0.2, 0.25) is 0 Å². The van der Waals surface area contributed by atoms with Crippen molar-refractivity contribution in [2.45, 2.75) is 0 Å². The van der Waals surface area contributed by atoms with Crippen LogP contribution in [-0.4, -0.2) is 51.9 Å². The van der Waals surface area contributed by atoms with Crippen molar-refractivity contribution in [2.24, 2.45) is 5.10 Å². The number of carbonyl (C=O) groups excluding carboxylic acids is 3. The third-order valence-corrected chi connectivity index (χ3v) is 4.15. The summed E-state index contributed by atoms with van der Waals surface area (Å²) in [5, 5.41) is 15.2. The molecule has 1 saturated heterocycles. The zero-order valence-corrected chi connectivity index (χ0v) is 15.2. The first-order valence-electron chi connectivity index (χ1n) is 7.54. The van der Waals surface area contributed by atoms with Crippen LogP contribution in [0.25, 0.3) is 0 Å². The fraction of sp³-hybridized carbons (Fsp3) is 0.125. The number of hydrogen-bond donors (Lipinski definition) is 0. The van der Waals surface area contributed by atoms with Crippen LogP contribution < -0.4 is 0 Å². The molecule has 1 aliphatic rings. The standard InChI is InChI=1S/C16H11BrN4O6/c17-11-3-1-10(2-4-11)13(22)8-19-14(23)9-20(16(19)24)18-7-12-5-6-15(27-12)21(25)26/h1-7H,8-9H2/b18-7+. The van der Waals surface area contributed by atoms with E-state index in [0.717, 1.165) is 26.7 Å². The van der Waals surface area contributed by atoms with E-state index in [1.165, 1.54) is 6.07 Å². The van der Waals surface area contributed by atoms with Gasteiger partial charge in [-0.15, -0.1) is 0 Å². The van der Waals surface area contributed by atoms with Gasteiger partial charge in [0.15, 0.2) is 11.5 Å². The Morgan fingerprint density at radius 1 is 1.26 bits per heavy atom. The molecule has 27 heavy (non-hydrogen) atoms. The Balaban J connectivity index is 1.67. The number of carbonyl (C=O) groups is 3. The quantitative estimate of drug-likeness (QED) is 0.226. The van der Waals surface area contributed by atoms with Gasteiger partial charge in [0.05, 0.1) is 18.8 Å². The summed E-state index contributed by atoms with van der Waals surface area (Å²) >= 11 is 3.26. The molecule has 1 fully saturated rings. The number of halogens is 1. The molecule has 0 spiro atoms. The van der Waals surface area contributed by atoms with E-state index in [1.54, 1.807) is 24.3 Å². The molecule has 1 aromatic heterocycles. The van der Waals surface area contributed by atoms with Crippen LogP contribution in [0.3, 0.4) is 0 Å². The number of Topliss-reactive ketones (excluding diaryl/α,β-unsaturated/α-hetero) is 1. The molecule has 3 amide bonds. The van der Waals surface area contributed by atoms with Crippen LogP contribution in [0.1, 0.15) is 16.1 Å². The molecule has 0 aliphatic carbocycles. The van der Waals surface area contributed by atoms with Crippen LogP contribution >= 0.6 is 15.9 Å². The first-order valence-corrected chi connectivity index (χ1v) is 8.33. The van der Waals surface area contributed by atoms with Gasteiger partial charge in [0.2, 0.25) is 0 Å². The predicted octanol–water partition coefficient (Wildman–Crippen LogP) is 2.43. The van der Waals surface area contributed by atoms with Crippen LogP contribution in [-0.2, 0) is 4.79 Å². The summed E-state index contributed by atoms with van der Waals surface area (Å²) < 4.78 is 5.68. The van der Waals surface area contributed by atoms with E-state index in [9.17, 15) is 24.5 Å². The Kier molecular flexibility index (Phi) is 5.12. The highest BCUT2D eigenvalue weighted by Gasteiger charge is 2.37. The average molecular weight is 435 g/mol. The molecule has 2 heterocycles. The molecule has 0 radical (unpaired) electrons. The van der Waals surface area contributed by atoms with Crippen molar-refractivity contribution in [1.29, 1.82) is 0 Å². The molecule has 138 valence electrons. The number of nitro groups is 1. The van der Waals surface area contributed by atoms with Crippen molar-refractivity contribution in [1.82, 2.24) is 9.91 Å². The first-order chi connectivity index (χ1) is 12.8. The summed E-state index contributed by atoms with van der Waals surface area (Å²) in [4.78, 5) is 47.2. The molecular formula is C16H11BrN4O6. The van der Waals surface area contributed by atoms with Gasteiger partial charge in [-0.05, 0) is 18.2 Å². The van der Waals surface area contributed by atoms with Gasteiger partial charge in [-0.1, -0.05) is 28.1 Å². The lowest BCUT2D eigenvalue weighted by Crippen LogP contribution is -2.36. The summed E-state index contributed by atoms with van der Waals surface area (Å²) in [7, 11) is 0. The van der Waals surface area contributed by atoms with E-state index < -0.39 is 35.1 Å². The topological polar surface area (TPSA) is 126 Å². The van der Waals surface area contributed by atoms with Crippen molar-refractivity contribution in [3.8, 4) is 0 Å². The average Bonchev–Trinajstić information content (AvgIpc) is 3.21. The second-order valence-electron chi connectivity index (χ2n) is 5.43. The van der Waals surface area contributed by atoms with Gasteiger partial charge >= 0.3 is 11.9 Å². The van der Waals surface area contributed by atoms with Gasteiger partial charge in [0.25, 0.3) is 5.91 Å². The maximum Gasteiger partial charge on any atom is 0.433 e. The summed E-state index contributed by atoms with van der Waals surface area (Å²) in [6.45, 7) is -0.747. The van der Waals surface area contributed by atoms with E-state index in [1.807, 2.05) is 0 Å². The van der Waals surface area contributed by atoms with Gasteiger partial charge in [-0.2, -0.15) is 5.10 Å². The third kappa shape index (κ3) is 4.08. The number of nitrogens with zero attached hydrogens (tertiary/aromatic N) is 4. The van der Waals surface area contributed by atoms with Crippen LogP contribution in [0.15, 0.2) is 50.4 Å². The van der Waals surface area contributed by atoms with Crippen molar-refractivity contribution in [3.63, 3.8) is 0 Å². The number of furan rings is 1. The number of hydrogen-bond acceptors (Lipinski definition) is 7. The Labute approximate surface area is 160 Å². The van der Waals surface area contributed by atoms with Crippen molar-refractivity contribution in [3.05, 3.63) is 62.3 Å². The van der Waals surface area contributed by atoms with E-state index in [0.29, 0.717) is 5.56 Å². The second kappa shape index (κ2) is 7.50. The van der Waals surface area contributed by atoms with Gasteiger partial charge in [0.1, 0.15) is 11.5 Å². The smallest absolute Gasteiger partial charge is 0.400 e. The lowest BCUT2D eigenvalue weighted by atomic mass is 10.1. The van der Waals surface area contributed by atoms with Crippen molar-refractivity contribution >= 4 is 45.8 Å². The number of hydrazone groups is 1. The molecule has 10 nitrogen and oxygen atoms in total. The minimum absolute atomic E-state index is 0.0475. The molecule has 0 bridgehead atoms. The molecule has 11 heteroatoms. The Bertz CT molecular complexity index is 952. The van der Waals surface area contributed by atoms with E-state index in [-0.39, 0.29) is 12.3 Å². The molecule has 0 saturated carbocycles. The monoisotopic (exact) mass is 434 g/mol. The highest BCUT2D eigenvalue weighted by atomic mass is 79.9. The number of ketones is 1. The highest BCUT2D eigenvalue weighted by molar-refractivity contribution is 9.10. The number of urea groups is 1. The molecule has 3 rings (SSSR count).